The zero-order valence-electron chi connectivity index (χ0n) is 20.6. The molecule has 2 amide bonds. The van der Waals surface area contributed by atoms with Crippen molar-refractivity contribution in [1.82, 2.24) is 20.1 Å². The van der Waals surface area contributed by atoms with Crippen LogP contribution in [0.4, 0.5) is 20.2 Å². The number of thiophene rings is 1. The molecule has 0 unspecified atom stereocenters. The summed E-state index contributed by atoms with van der Waals surface area (Å²) >= 11 is 7.33. The van der Waals surface area contributed by atoms with Gasteiger partial charge in [0.15, 0.2) is 0 Å². The molecule has 198 valence electrons. The maximum absolute atomic E-state index is 13.6. The maximum Gasteiger partial charge on any atom is 0.262 e. The summed E-state index contributed by atoms with van der Waals surface area (Å²) in [6.07, 6.45) is 5.24. The second kappa shape index (κ2) is 11.6. The van der Waals surface area contributed by atoms with Crippen molar-refractivity contribution in [3.8, 4) is 0 Å². The molecule has 3 aromatic rings. The summed E-state index contributed by atoms with van der Waals surface area (Å²) in [5.41, 5.74) is 2.11. The van der Waals surface area contributed by atoms with Gasteiger partial charge in [-0.1, -0.05) is 11.6 Å². The van der Waals surface area contributed by atoms with E-state index in [0.29, 0.717) is 35.0 Å². The summed E-state index contributed by atoms with van der Waals surface area (Å²) in [5, 5.41) is 13.4. The van der Waals surface area contributed by atoms with Gasteiger partial charge in [0.2, 0.25) is 11.8 Å². The molecule has 12 heteroatoms. The van der Waals surface area contributed by atoms with E-state index in [1.165, 1.54) is 17.5 Å². The Hall–Kier alpha value is -3.05. The maximum atomic E-state index is 13.6. The standard InChI is InChI=1S/C25H29ClF2N6O2S/c1-15-20(10-17(26)11-29-15)30-13-19-3-4-22(37-19)24(36)33-21(9-16-5-7-25(27,28)8-6-16)23(35)32-18-12-31-34(2)14-18/h3-4,10-12,14,16,21,30H,5-9,13H2,1-2H3,(H,32,35)(H,33,36)/t21-/m0/s1. The van der Waals surface area contributed by atoms with Crippen LogP contribution in [0.5, 0.6) is 0 Å². The number of nitrogens with zero attached hydrogens (tertiary/aromatic N) is 3. The van der Waals surface area contributed by atoms with Gasteiger partial charge in [-0.15, -0.1) is 11.3 Å². The van der Waals surface area contributed by atoms with E-state index in [0.717, 1.165) is 16.3 Å². The summed E-state index contributed by atoms with van der Waals surface area (Å²) in [7, 11) is 1.73. The molecule has 3 aromatic heterocycles. The Balaban J connectivity index is 1.41. The number of aryl methyl sites for hydroxylation is 2. The average molecular weight is 551 g/mol. The van der Waals surface area contributed by atoms with Crippen molar-refractivity contribution in [2.75, 3.05) is 10.6 Å². The quantitative estimate of drug-likeness (QED) is 0.331. The minimum atomic E-state index is -2.66. The van der Waals surface area contributed by atoms with Crippen LogP contribution in [-0.4, -0.2) is 38.5 Å². The fourth-order valence-corrected chi connectivity index (χ4v) is 5.32. The fraction of sp³-hybridized carbons (Fsp3) is 0.440. The SMILES string of the molecule is Cc1ncc(Cl)cc1NCc1ccc(C(=O)N[C@@H](CC2CCC(F)(F)CC2)C(=O)Nc2cnn(C)c2)s1. The average Bonchev–Trinajstić information content (AvgIpc) is 3.49. The van der Waals surface area contributed by atoms with Crippen molar-refractivity contribution in [1.29, 1.82) is 0 Å². The highest BCUT2D eigenvalue weighted by atomic mass is 35.5. The molecule has 3 heterocycles. The third kappa shape index (κ3) is 7.48. The first-order valence-corrected chi connectivity index (χ1v) is 13.2. The van der Waals surface area contributed by atoms with Gasteiger partial charge in [-0.25, -0.2) is 8.78 Å². The van der Waals surface area contributed by atoms with Gasteiger partial charge in [-0.05, 0) is 50.3 Å². The number of carbonyl (C=O) groups is 2. The van der Waals surface area contributed by atoms with Crippen LogP contribution in [0.15, 0.2) is 36.8 Å². The molecule has 3 N–H and O–H groups in total. The predicted octanol–water partition coefficient (Wildman–Crippen LogP) is 5.40. The summed E-state index contributed by atoms with van der Waals surface area (Å²) in [5.74, 6) is -3.53. The van der Waals surface area contributed by atoms with Crippen LogP contribution in [0.2, 0.25) is 5.02 Å². The molecule has 0 radical (unpaired) electrons. The zero-order chi connectivity index (χ0) is 26.6. The molecule has 0 bridgehead atoms. The zero-order valence-corrected chi connectivity index (χ0v) is 22.1. The van der Waals surface area contributed by atoms with E-state index >= 15 is 0 Å². The first-order chi connectivity index (χ1) is 17.6. The summed E-state index contributed by atoms with van der Waals surface area (Å²) < 4.78 is 28.8. The van der Waals surface area contributed by atoms with Gasteiger partial charge in [0.05, 0.1) is 33.2 Å². The number of hydrogen-bond acceptors (Lipinski definition) is 6. The minimum Gasteiger partial charge on any atom is -0.379 e. The van der Waals surface area contributed by atoms with Crippen molar-refractivity contribution in [2.24, 2.45) is 13.0 Å². The number of aromatic nitrogens is 3. The molecule has 0 aromatic carbocycles. The Morgan fingerprint density at radius 1 is 1.27 bits per heavy atom. The molecular weight excluding hydrogens is 522 g/mol. The molecule has 4 rings (SSSR count). The van der Waals surface area contributed by atoms with Gasteiger partial charge >= 0.3 is 0 Å². The van der Waals surface area contributed by atoms with Crippen molar-refractivity contribution in [3.05, 3.63) is 57.3 Å². The number of nitrogens with one attached hydrogen (secondary N) is 3. The topological polar surface area (TPSA) is 101 Å². The normalized spacial score (nSPS) is 16.2. The van der Waals surface area contributed by atoms with Crippen molar-refractivity contribution >= 4 is 46.1 Å². The Morgan fingerprint density at radius 2 is 2.03 bits per heavy atom. The third-order valence-corrected chi connectivity index (χ3v) is 7.68. The van der Waals surface area contributed by atoms with E-state index in [1.807, 2.05) is 13.0 Å². The molecule has 1 atom stereocenters. The van der Waals surface area contributed by atoms with E-state index in [9.17, 15) is 18.4 Å². The van der Waals surface area contributed by atoms with Crippen LogP contribution in [0.1, 0.15) is 52.3 Å². The molecule has 0 spiro atoms. The second-order valence-corrected chi connectivity index (χ2v) is 11.0. The van der Waals surface area contributed by atoms with Crippen LogP contribution in [0, 0.1) is 12.8 Å². The number of hydrogen-bond donors (Lipinski definition) is 3. The van der Waals surface area contributed by atoms with Gasteiger partial charge in [-0.2, -0.15) is 5.10 Å². The number of halogens is 3. The van der Waals surface area contributed by atoms with Crippen LogP contribution < -0.4 is 16.0 Å². The van der Waals surface area contributed by atoms with Crippen molar-refractivity contribution in [2.45, 2.75) is 57.5 Å². The lowest BCUT2D eigenvalue weighted by Crippen LogP contribution is -2.45. The molecule has 1 aliphatic rings. The van der Waals surface area contributed by atoms with Crippen LogP contribution in [-0.2, 0) is 18.4 Å². The van der Waals surface area contributed by atoms with Crippen LogP contribution in [0.3, 0.4) is 0 Å². The number of amides is 2. The third-order valence-electron chi connectivity index (χ3n) is 6.39. The summed E-state index contributed by atoms with van der Waals surface area (Å²) in [4.78, 5) is 31.7. The van der Waals surface area contributed by atoms with E-state index in [1.54, 1.807) is 36.3 Å². The molecule has 1 saturated carbocycles. The Bertz CT molecular complexity index is 1250. The predicted molar refractivity (Wildman–Crippen MR) is 140 cm³/mol. The molecule has 0 aliphatic heterocycles. The molecule has 0 saturated heterocycles. The van der Waals surface area contributed by atoms with Gasteiger partial charge in [-0.3, -0.25) is 19.3 Å². The summed E-state index contributed by atoms with van der Waals surface area (Å²) in [6.45, 7) is 2.35. The molecule has 1 fully saturated rings. The Morgan fingerprint density at radius 3 is 2.73 bits per heavy atom. The molecular formula is C25H29ClF2N6O2S. The highest BCUT2D eigenvalue weighted by Gasteiger charge is 2.37. The van der Waals surface area contributed by atoms with Crippen molar-refractivity contribution in [3.63, 3.8) is 0 Å². The smallest absolute Gasteiger partial charge is 0.262 e. The first kappa shape index (κ1) is 27.0. The lowest BCUT2D eigenvalue weighted by atomic mass is 9.82. The fourth-order valence-electron chi connectivity index (χ4n) is 4.31. The number of pyridine rings is 1. The van der Waals surface area contributed by atoms with Gasteiger partial charge < -0.3 is 16.0 Å². The molecule has 8 nitrogen and oxygen atoms in total. The Kier molecular flexibility index (Phi) is 8.43. The largest absolute Gasteiger partial charge is 0.379 e. The lowest BCUT2D eigenvalue weighted by Gasteiger charge is -2.30. The molecule has 1 aliphatic carbocycles. The number of rotatable bonds is 9. The Labute approximate surface area is 222 Å². The van der Waals surface area contributed by atoms with Gasteiger partial charge in [0, 0.05) is 43.7 Å². The second-order valence-electron chi connectivity index (χ2n) is 9.36. The number of alkyl halides is 2. The number of anilines is 2. The van der Waals surface area contributed by atoms with Crippen molar-refractivity contribution < 1.29 is 18.4 Å². The molecule has 37 heavy (non-hydrogen) atoms. The highest BCUT2D eigenvalue weighted by molar-refractivity contribution is 7.14. The first-order valence-electron chi connectivity index (χ1n) is 12.0. The highest BCUT2D eigenvalue weighted by Crippen LogP contribution is 2.38. The summed E-state index contributed by atoms with van der Waals surface area (Å²) in [6, 6.07) is 4.47. The minimum absolute atomic E-state index is 0.0813. The lowest BCUT2D eigenvalue weighted by molar-refractivity contribution is -0.118. The van der Waals surface area contributed by atoms with Crippen LogP contribution >= 0.6 is 22.9 Å². The van der Waals surface area contributed by atoms with Crippen LogP contribution in [0.25, 0.3) is 0 Å². The van der Waals surface area contributed by atoms with E-state index < -0.39 is 17.9 Å². The van der Waals surface area contributed by atoms with Gasteiger partial charge in [0.1, 0.15) is 6.04 Å². The van der Waals surface area contributed by atoms with E-state index in [2.05, 4.69) is 26.0 Å². The van der Waals surface area contributed by atoms with E-state index in [-0.39, 0.29) is 31.1 Å². The van der Waals surface area contributed by atoms with E-state index in [4.69, 9.17) is 11.6 Å². The number of carbonyl (C=O) groups excluding carboxylic acids is 2. The van der Waals surface area contributed by atoms with Gasteiger partial charge in [0.25, 0.3) is 5.91 Å². The monoisotopic (exact) mass is 550 g/mol.